The predicted molar refractivity (Wildman–Crippen MR) is 164 cm³/mol. The van der Waals surface area contributed by atoms with Gasteiger partial charge in [0.2, 0.25) is 0 Å². The van der Waals surface area contributed by atoms with Gasteiger partial charge >= 0.3 is 0 Å². The highest BCUT2D eigenvalue weighted by molar-refractivity contribution is 9.11. The molecule has 36 heavy (non-hydrogen) atoms. The van der Waals surface area contributed by atoms with Crippen LogP contribution in [0.15, 0.2) is 106 Å². The van der Waals surface area contributed by atoms with E-state index in [9.17, 15) is 0 Å². The first-order valence-corrected chi connectivity index (χ1v) is 13.8. The van der Waals surface area contributed by atoms with E-state index in [2.05, 4.69) is 129 Å². The highest BCUT2D eigenvalue weighted by Gasteiger charge is 2.27. The molecule has 0 radical (unpaired) electrons. The quantitative estimate of drug-likeness (QED) is 0.123. The summed E-state index contributed by atoms with van der Waals surface area (Å²) in [5, 5.41) is 21.3. The lowest BCUT2D eigenvalue weighted by atomic mass is 9.89. The molecule has 0 N–H and O–H groups in total. The predicted octanol–water partition coefficient (Wildman–Crippen LogP) is 11.3. The SMILES string of the molecule is Brc1c2ccccc2c2c3c4ccccc4c4c(Br)c5ccccc5c(c5c6ccccc6c1c25)c43. The van der Waals surface area contributed by atoms with Gasteiger partial charge in [0.15, 0.2) is 0 Å². The standard InChI is InChI=1S/C34H16Br2/c35-33-24-16-8-6-14-22(24)28-26-18-10-2-4-12-20(18)30-32(26)27(21-13-5-7-15-23(21)34(30)36)25-17-9-1-3-11-19(17)29(33)31(25)28/h1-16H. The topological polar surface area (TPSA) is 0 Å². The van der Waals surface area contributed by atoms with Crippen molar-refractivity contribution >= 4 is 118 Å². The minimum absolute atomic E-state index is 1.19. The van der Waals surface area contributed by atoms with Gasteiger partial charge in [-0.05, 0) is 96.5 Å². The van der Waals surface area contributed by atoms with Gasteiger partial charge in [-0.15, -0.1) is 0 Å². The van der Waals surface area contributed by atoms with Crippen LogP contribution in [0.2, 0.25) is 0 Å². The smallest absolute Gasteiger partial charge is 0.0339 e. The molecular formula is C34H16Br2. The van der Waals surface area contributed by atoms with Crippen LogP contribution < -0.4 is 0 Å². The molecule has 0 aliphatic rings. The number of hydrogen-bond acceptors (Lipinski definition) is 0. The number of hydrogen-bond donors (Lipinski definition) is 0. The van der Waals surface area contributed by atoms with Gasteiger partial charge in [-0.1, -0.05) is 97.1 Å². The second kappa shape index (κ2) is 6.64. The van der Waals surface area contributed by atoms with Gasteiger partial charge < -0.3 is 0 Å². The first-order chi connectivity index (χ1) is 17.8. The Kier molecular flexibility index (Phi) is 3.64. The fourth-order valence-corrected chi connectivity index (χ4v) is 8.46. The van der Waals surface area contributed by atoms with Crippen molar-refractivity contribution in [2.24, 2.45) is 0 Å². The highest BCUT2D eigenvalue weighted by Crippen LogP contribution is 2.56. The molecule has 2 heteroatoms. The molecule has 0 spiro atoms. The molecule has 0 aliphatic carbocycles. The molecule has 0 fully saturated rings. The van der Waals surface area contributed by atoms with Crippen LogP contribution in [0.5, 0.6) is 0 Å². The molecule has 0 bridgehead atoms. The van der Waals surface area contributed by atoms with E-state index in [1.54, 1.807) is 0 Å². The zero-order chi connectivity index (χ0) is 23.7. The van der Waals surface area contributed by atoms with Crippen LogP contribution in [0.3, 0.4) is 0 Å². The molecule has 0 heterocycles. The largest absolute Gasteiger partial charge is 0.0616 e. The molecule has 0 saturated carbocycles. The Balaban J connectivity index is 1.85. The summed E-state index contributed by atoms with van der Waals surface area (Å²) in [7, 11) is 0. The third-order valence-corrected chi connectivity index (χ3v) is 9.88. The molecule has 0 aromatic heterocycles. The Labute approximate surface area is 223 Å². The van der Waals surface area contributed by atoms with Crippen molar-refractivity contribution in [3.63, 3.8) is 0 Å². The lowest BCUT2D eigenvalue weighted by Gasteiger charge is -2.15. The Bertz CT molecular complexity index is 2210. The van der Waals surface area contributed by atoms with Crippen molar-refractivity contribution in [1.29, 1.82) is 0 Å². The van der Waals surface area contributed by atoms with Crippen LogP contribution in [0.4, 0.5) is 0 Å². The van der Waals surface area contributed by atoms with E-state index < -0.39 is 0 Å². The highest BCUT2D eigenvalue weighted by atomic mass is 79.9. The summed E-state index contributed by atoms with van der Waals surface area (Å²) in [6.07, 6.45) is 0. The van der Waals surface area contributed by atoms with E-state index in [4.69, 9.17) is 0 Å². The molecule has 0 unspecified atom stereocenters. The fourth-order valence-electron chi connectivity index (χ4n) is 6.95. The van der Waals surface area contributed by atoms with Crippen molar-refractivity contribution in [3.05, 3.63) is 106 Å². The molecule has 9 rings (SSSR count). The van der Waals surface area contributed by atoms with Crippen LogP contribution in [0, 0.1) is 0 Å². The van der Waals surface area contributed by atoms with E-state index in [0.29, 0.717) is 0 Å². The number of rotatable bonds is 0. The molecule has 0 nitrogen and oxygen atoms in total. The monoisotopic (exact) mass is 582 g/mol. The first kappa shape index (κ1) is 19.7. The molecule has 0 amide bonds. The Morgan fingerprint density at radius 2 is 0.472 bits per heavy atom. The third-order valence-electron chi connectivity index (χ3n) is 8.24. The summed E-state index contributed by atoms with van der Waals surface area (Å²) in [6.45, 7) is 0. The second-order valence-electron chi connectivity index (χ2n) is 9.81. The number of benzene rings is 7. The van der Waals surface area contributed by atoms with E-state index in [0.717, 1.165) is 0 Å². The number of halogens is 2. The fraction of sp³-hybridized carbons (Fsp3) is 0. The van der Waals surface area contributed by atoms with Gasteiger partial charge in [-0.2, -0.15) is 0 Å². The average Bonchev–Trinajstić information content (AvgIpc) is 3.45. The summed E-state index contributed by atoms with van der Waals surface area (Å²) in [6, 6.07) is 35.6. The maximum absolute atomic E-state index is 4.08. The summed E-state index contributed by atoms with van der Waals surface area (Å²) in [4.78, 5) is 0. The van der Waals surface area contributed by atoms with Crippen LogP contribution in [-0.2, 0) is 0 Å². The van der Waals surface area contributed by atoms with Crippen molar-refractivity contribution in [3.8, 4) is 0 Å². The van der Waals surface area contributed by atoms with Crippen LogP contribution in [-0.4, -0.2) is 0 Å². The number of fused-ring (bicyclic) bond motifs is 12. The normalized spacial score (nSPS) is 12.7. The minimum Gasteiger partial charge on any atom is -0.0616 e. The van der Waals surface area contributed by atoms with Crippen molar-refractivity contribution < 1.29 is 0 Å². The first-order valence-electron chi connectivity index (χ1n) is 12.2. The molecule has 0 atom stereocenters. The lowest BCUT2D eigenvalue weighted by molar-refractivity contribution is 1.80. The van der Waals surface area contributed by atoms with Gasteiger partial charge in [0.05, 0.1) is 0 Å². The second-order valence-corrected chi connectivity index (χ2v) is 11.4. The van der Waals surface area contributed by atoms with E-state index in [-0.39, 0.29) is 0 Å². The lowest BCUT2D eigenvalue weighted by Crippen LogP contribution is -1.86. The van der Waals surface area contributed by atoms with Crippen LogP contribution in [0.1, 0.15) is 0 Å². The summed E-state index contributed by atoms with van der Waals surface area (Å²) in [5.74, 6) is 0. The zero-order valence-electron chi connectivity index (χ0n) is 19.0. The van der Waals surface area contributed by atoms with Crippen LogP contribution in [0.25, 0.3) is 86.2 Å². The van der Waals surface area contributed by atoms with Crippen molar-refractivity contribution in [2.45, 2.75) is 0 Å². The van der Waals surface area contributed by atoms with Gasteiger partial charge in [-0.25, -0.2) is 0 Å². The van der Waals surface area contributed by atoms with Crippen LogP contribution >= 0.6 is 31.9 Å². The van der Waals surface area contributed by atoms with E-state index in [1.165, 1.54) is 95.1 Å². The maximum atomic E-state index is 4.08. The summed E-state index contributed by atoms with van der Waals surface area (Å²) in [5.41, 5.74) is 0. The maximum Gasteiger partial charge on any atom is 0.0339 e. The third kappa shape index (κ3) is 2.10. The Morgan fingerprint density at radius 1 is 0.250 bits per heavy atom. The molecular weight excluding hydrogens is 568 g/mol. The molecule has 9 aromatic rings. The minimum atomic E-state index is 1.19. The van der Waals surface area contributed by atoms with E-state index >= 15 is 0 Å². The molecule has 9 aromatic carbocycles. The summed E-state index contributed by atoms with van der Waals surface area (Å²) >= 11 is 8.15. The average molecular weight is 584 g/mol. The van der Waals surface area contributed by atoms with Crippen molar-refractivity contribution in [1.82, 2.24) is 0 Å². The van der Waals surface area contributed by atoms with Gasteiger partial charge in [0, 0.05) is 30.5 Å². The molecule has 166 valence electrons. The molecule has 0 saturated heterocycles. The van der Waals surface area contributed by atoms with Gasteiger partial charge in [0.25, 0.3) is 0 Å². The zero-order valence-corrected chi connectivity index (χ0v) is 22.2. The van der Waals surface area contributed by atoms with Gasteiger partial charge in [-0.3, -0.25) is 0 Å². The Hall–Kier alpha value is -3.46. The van der Waals surface area contributed by atoms with Gasteiger partial charge in [0.1, 0.15) is 0 Å². The van der Waals surface area contributed by atoms with Crippen molar-refractivity contribution in [2.75, 3.05) is 0 Å². The van der Waals surface area contributed by atoms with E-state index in [1.807, 2.05) is 0 Å². The Morgan fingerprint density at radius 3 is 0.778 bits per heavy atom. The molecule has 0 aliphatic heterocycles. The summed E-state index contributed by atoms with van der Waals surface area (Å²) < 4.78 is 2.38.